The molecule has 0 aromatic carbocycles. The molecule has 0 atom stereocenters. The van der Waals surface area contributed by atoms with E-state index in [1.807, 2.05) is 17.9 Å². The van der Waals surface area contributed by atoms with Crippen molar-refractivity contribution in [3.8, 4) is 6.07 Å². The number of aryl methyl sites for hydroxylation is 1. The van der Waals surface area contributed by atoms with Crippen molar-refractivity contribution < 1.29 is 0 Å². The molecule has 1 aromatic rings. The normalized spacial score (nSPS) is 9.00. The maximum atomic E-state index is 8.44. The molecule has 3 heteroatoms. The van der Waals surface area contributed by atoms with Crippen LogP contribution in [0.3, 0.4) is 0 Å². The summed E-state index contributed by atoms with van der Waals surface area (Å²) in [6.45, 7) is 1.91. The van der Waals surface area contributed by atoms with Gasteiger partial charge in [-0.25, -0.2) is 0 Å². The van der Waals surface area contributed by atoms with E-state index in [2.05, 4.69) is 11.4 Å². The van der Waals surface area contributed by atoms with Crippen molar-refractivity contribution in [1.82, 2.24) is 3.96 Å². The zero-order chi connectivity index (χ0) is 6.85. The van der Waals surface area contributed by atoms with Crippen LogP contribution in [-0.2, 0) is 7.05 Å². The van der Waals surface area contributed by atoms with Crippen LogP contribution in [0.25, 0.3) is 0 Å². The van der Waals surface area contributed by atoms with Crippen LogP contribution >= 0.6 is 11.5 Å². The first-order valence-corrected chi connectivity index (χ1v) is 3.30. The topological polar surface area (TPSA) is 28.7 Å². The number of aromatic nitrogens is 1. The largest absolute Gasteiger partial charge is 0.346 e. The smallest absolute Gasteiger partial charge is 0.192 e. The maximum absolute atomic E-state index is 8.44. The number of nitrogens with zero attached hydrogens (tertiary/aromatic N) is 2. The lowest BCUT2D eigenvalue weighted by Gasteiger charge is -1.80. The van der Waals surface area contributed by atoms with Gasteiger partial charge in [0.25, 0.3) is 0 Å². The van der Waals surface area contributed by atoms with Crippen LogP contribution in [0.4, 0.5) is 0 Å². The second-order valence-corrected chi connectivity index (χ2v) is 2.70. The van der Waals surface area contributed by atoms with Gasteiger partial charge in [0.2, 0.25) is 0 Å². The van der Waals surface area contributed by atoms with Gasteiger partial charge >= 0.3 is 16.9 Å². The third-order valence-electron chi connectivity index (χ3n) is 1.23. The Hall–Kier alpha value is -0.880. The van der Waals surface area contributed by atoms with Gasteiger partial charge < -0.3 is 0 Å². The van der Waals surface area contributed by atoms with Crippen molar-refractivity contribution in [2.24, 2.45) is 7.05 Å². The molecule has 0 saturated heterocycles. The highest BCUT2D eigenvalue weighted by Gasteiger charge is 2.11. The fourth-order valence-corrected chi connectivity index (χ4v) is 1.17. The van der Waals surface area contributed by atoms with Crippen molar-refractivity contribution in [2.45, 2.75) is 6.92 Å². The van der Waals surface area contributed by atoms with Crippen LogP contribution in [0, 0.1) is 23.6 Å². The standard InChI is InChI=1S/C6H6N2S/c1-5-6(3-7)4-9-8(5)2/h1-2H3/q+1. The Morgan fingerprint density at radius 3 is 2.67 bits per heavy atom. The van der Waals surface area contributed by atoms with Gasteiger partial charge in [-0.1, -0.05) is 0 Å². The summed E-state index contributed by atoms with van der Waals surface area (Å²) < 4.78 is 1.92. The van der Waals surface area contributed by atoms with Crippen LogP contribution < -0.4 is 0 Å². The molecule has 1 radical (unpaired) electrons. The third-order valence-corrected chi connectivity index (χ3v) is 2.07. The van der Waals surface area contributed by atoms with Crippen molar-refractivity contribution in [1.29, 1.82) is 5.26 Å². The Morgan fingerprint density at radius 2 is 2.44 bits per heavy atom. The van der Waals surface area contributed by atoms with Gasteiger partial charge in [0.1, 0.15) is 11.6 Å². The molecule has 1 heterocycles. The summed E-state index contributed by atoms with van der Waals surface area (Å²) in [6.07, 6.45) is 0. The monoisotopic (exact) mass is 138 g/mol. The average molecular weight is 138 g/mol. The van der Waals surface area contributed by atoms with Crippen molar-refractivity contribution in [2.75, 3.05) is 0 Å². The molecule has 1 rings (SSSR count). The van der Waals surface area contributed by atoms with E-state index < -0.39 is 0 Å². The zero-order valence-electron chi connectivity index (χ0n) is 5.30. The second kappa shape index (κ2) is 2.16. The van der Waals surface area contributed by atoms with E-state index in [0.29, 0.717) is 5.56 Å². The molecule has 0 aliphatic rings. The lowest BCUT2D eigenvalue weighted by Crippen LogP contribution is -1.86. The van der Waals surface area contributed by atoms with Gasteiger partial charge in [0.05, 0.1) is 12.7 Å². The van der Waals surface area contributed by atoms with Gasteiger partial charge in [0.15, 0.2) is 0 Å². The summed E-state index contributed by atoms with van der Waals surface area (Å²) >= 11 is 1.42. The predicted molar refractivity (Wildman–Crippen MR) is 36.0 cm³/mol. The van der Waals surface area contributed by atoms with E-state index in [1.54, 1.807) is 0 Å². The first kappa shape index (κ1) is 6.24. The Kier molecular flexibility index (Phi) is 1.50. The molecule has 2 nitrogen and oxygen atoms in total. The lowest BCUT2D eigenvalue weighted by atomic mass is 10.3. The highest BCUT2D eigenvalue weighted by Crippen LogP contribution is 2.09. The molecule has 0 saturated carbocycles. The zero-order valence-corrected chi connectivity index (χ0v) is 6.12. The Labute approximate surface area is 58.1 Å². The van der Waals surface area contributed by atoms with Gasteiger partial charge in [-0.05, 0) is 6.92 Å². The molecule has 0 spiro atoms. The maximum Gasteiger partial charge on any atom is 0.346 e. The van der Waals surface area contributed by atoms with Crippen LogP contribution in [0.2, 0.25) is 0 Å². The molecule has 1 aromatic heterocycles. The number of rotatable bonds is 0. The predicted octanol–water partition coefficient (Wildman–Crippen LogP) is 1.35. The van der Waals surface area contributed by atoms with Gasteiger partial charge in [0, 0.05) is 0 Å². The first-order valence-electron chi connectivity index (χ1n) is 2.53. The van der Waals surface area contributed by atoms with Gasteiger partial charge in [-0.15, -0.1) is 3.96 Å². The van der Waals surface area contributed by atoms with E-state index in [0.717, 1.165) is 5.69 Å². The fraction of sp³-hybridized carbons (Fsp3) is 0.333. The Bertz CT molecular complexity index is 257. The molecule has 0 amide bonds. The van der Waals surface area contributed by atoms with Gasteiger partial charge in [-0.3, -0.25) is 0 Å². The summed E-state index contributed by atoms with van der Waals surface area (Å²) in [5.74, 6) is 0. The minimum Gasteiger partial charge on any atom is -0.192 e. The van der Waals surface area contributed by atoms with Crippen LogP contribution in [0.1, 0.15) is 11.3 Å². The molecular formula is C6H6N2S+. The SMILES string of the molecule is Cc1c(C#N)[c][s+]n1C. The molecule has 0 aliphatic carbocycles. The first-order chi connectivity index (χ1) is 4.25. The minimum absolute atomic E-state index is 0.655. The Balaban J connectivity index is 3.24. The summed E-state index contributed by atoms with van der Waals surface area (Å²) in [5.41, 5.74) is 1.64. The molecule has 0 unspecified atom stereocenters. The number of nitriles is 1. The molecule has 0 bridgehead atoms. The molecule has 0 N–H and O–H groups in total. The van der Waals surface area contributed by atoms with E-state index in [1.165, 1.54) is 11.5 Å². The van der Waals surface area contributed by atoms with E-state index in [9.17, 15) is 0 Å². The van der Waals surface area contributed by atoms with Crippen LogP contribution in [0.5, 0.6) is 0 Å². The average Bonchev–Trinajstić information content (AvgIpc) is 2.15. The van der Waals surface area contributed by atoms with Crippen LogP contribution in [0.15, 0.2) is 0 Å². The summed E-state index contributed by atoms with van der Waals surface area (Å²) in [5, 5.41) is 11.3. The highest BCUT2D eigenvalue weighted by molar-refractivity contribution is 7.03. The summed E-state index contributed by atoms with van der Waals surface area (Å²) in [4.78, 5) is 0. The Morgan fingerprint density at radius 1 is 1.78 bits per heavy atom. The van der Waals surface area contributed by atoms with Crippen molar-refractivity contribution in [3.63, 3.8) is 0 Å². The number of hydrogen-bond acceptors (Lipinski definition) is 1. The fourth-order valence-electron chi connectivity index (χ4n) is 0.518. The highest BCUT2D eigenvalue weighted by atomic mass is 32.1. The second-order valence-electron chi connectivity index (χ2n) is 1.76. The molecular weight excluding hydrogens is 132 g/mol. The van der Waals surface area contributed by atoms with Crippen LogP contribution in [-0.4, -0.2) is 3.96 Å². The summed E-state index contributed by atoms with van der Waals surface area (Å²) in [7, 11) is 1.91. The van der Waals surface area contributed by atoms with E-state index >= 15 is 0 Å². The van der Waals surface area contributed by atoms with Crippen molar-refractivity contribution >= 4 is 11.5 Å². The quantitative estimate of drug-likeness (QED) is 0.497. The van der Waals surface area contributed by atoms with Crippen molar-refractivity contribution in [3.05, 3.63) is 16.6 Å². The van der Waals surface area contributed by atoms with E-state index in [4.69, 9.17) is 5.26 Å². The molecule has 9 heavy (non-hydrogen) atoms. The summed E-state index contributed by atoms with van der Waals surface area (Å²) in [6, 6.07) is 2.05. The van der Waals surface area contributed by atoms with E-state index in [-0.39, 0.29) is 0 Å². The third kappa shape index (κ3) is 0.936. The number of hydrogen-bond donors (Lipinski definition) is 0. The van der Waals surface area contributed by atoms with Gasteiger partial charge in [-0.2, -0.15) is 5.26 Å². The molecule has 0 fully saturated rings. The molecule has 0 aliphatic heterocycles. The molecule has 45 valence electrons. The lowest BCUT2D eigenvalue weighted by molar-refractivity contribution is 0.967. The minimum atomic E-state index is 0.655.